The molecule has 44 valence electrons. The van der Waals surface area contributed by atoms with E-state index in [1.807, 2.05) is 0 Å². The average Bonchev–Trinajstić information content (AvgIpc) is 2.50. The molecule has 0 unspecified atom stereocenters. The molecule has 8 heavy (non-hydrogen) atoms. The Morgan fingerprint density at radius 1 is 1.62 bits per heavy atom. The first kappa shape index (κ1) is 7.13. The van der Waals surface area contributed by atoms with E-state index in [9.17, 15) is 0 Å². The third-order valence-corrected chi connectivity index (χ3v) is 9.37. The van der Waals surface area contributed by atoms with E-state index in [1.54, 1.807) is 7.11 Å². The average molecular weight is 232 g/mol. The van der Waals surface area contributed by atoms with E-state index in [4.69, 9.17) is 4.89 Å². The molecule has 0 radical (unpaired) electrons. The Morgan fingerprint density at radius 2 is 2.25 bits per heavy atom. The van der Waals surface area contributed by atoms with E-state index in [2.05, 4.69) is 18.5 Å². The zero-order valence-corrected chi connectivity index (χ0v) is 9.37. The summed E-state index contributed by atoms with van der Waals surface area (Å²) in [4.78, 5) is 9.60. The van der Waals surface area contributed by atoms with Crippen LogP contribution in [0.4, 0.5) is 0 Å². The van der Waals surface area contributed by atoms with Gasteiger partial charge in [-0.1, -0.05) is 0 Å². The summed E-state index contributed by atoms with van der Waals surface area (Å²) in [5.74, 6) is 0. The molecule has 0 aliphatic heterocycles. The predicted molar refractivity (Wildman–Crippen MR) is 29.0 cm³/mol. The summed E-state index contributed by atoms with van der Waals surface area (Å²) < 4.78 is 0.224. The van der Waals surface area contributed by atoms with Gasteiger partial charge in [-0.05, 0) is 0 Å². The quantitative estimate of drug-likeness (QED) is 0.416. The second-order valence-corrected chi connectivity index (χ2v) is 8.24. The van der Waals surface area contributed by atoms with Gasteiger partial charge in [-0.25, -0.2) is 0 Å². The second-order valence-electron chi connectivity index (χ2n) is 2.07. The van der Waals surface area contributed by atoms with E-state index in [0.717, 1.165) is 0 Å². The minimum atomic E-state index is -0.569. The first-order chi connectivity index (χ1) is 3.83. The van der Waals surface area contributed by atoms with Gasteiger partial charge in [0.1, 0.15) is 0 Å². The van der Waals surface area contributed by atoms with Crippen molar-refractivity contribution >= 4 is 13.6 Å². The summed E-state index contributed by atoms with van der Waals surface area (Å²) in [6.45, 7) is 0. The summed E-state index contributed by atoms with van der Waals surface area (Å²) in [5, 5.41) is 0. The van der Waals surface area contributed by atoms with Gasteiger partial charge in [0.25, 0.3) is 0 Å². The molecule has 1 fully saturated rings. The van der Waals surface area contributed by atoms with Crippen LogP contribution in [-0.4, -0.2) is 11.3 Å². The number of hydrogen-bond acceptors (Lipinski definition) is 2. The molecule has 0 amide bonds. The molecule has 0 N–H and O–H groups in total. The van der Waals surface area contributed by atoms with Crippen LogP contribution in [0.2, 0.25) is 0 Å². The van der Waals surface area contributed by atoms with Gasteiger partial charge in [-0.3, -0.25) is 0 Å². The summed E-state index contributed by atoms with van der Waals surface area (Å²) >= 11 is 2.95. The molecule has 0 spiro atoms. The van der Waals surface area contributed by atoms with Crippen LogP contribution in [-0.2, 0) is 24.9 Å². The van der Waals surface area contributed by atoms with Crippen molar-refractivity contribution in [2.75, 3.05) is 7.11 Å². The maximum absolute atomic E-state index is 5.03. The Morgan fingerprint density at radius 3 is 2.38 bits per heavy atom. The third-order valence-electron chi connectivity index (χ3n) is 1.31. The third kappa shape index (κ3) is 1.50. The summed E-state index contributed by atoms with van der Waals surface area (Å²) in [6.07, 6.45) is 2.40. The molecule has 1 aliphatic rings. The van der Waals surface area contributed by atoms with Gasteiger partial charge in [0.15, 0.2) is 0 Å². The zero-order valence-electron chi connectivity index (χ0n) is 4.82. The van der Waals surface area contributed by atoms with Crippen LogP contribution in [0.1, 0.15) is 12.8 Å². The first-order valence-electron chi connectivity index (χ1n) is 2.61. The maximum atomic E-state index is 5.03. The molecule has 1 aliphatic carbocycles. The van der Waals surface area contributed by atoms with Crippen LogP contribution < -0.4 is 0 Å². The molecular formula is C4H7BrO2Zn. The van der Waals surface area contributed by atoms with Crippen LogP contribution in [0.3, 0.4) is 0 Å². The topological polar surface area (TPSA) is 18.5 Å². The summed E-state index contributed by atoms with van der Waals surface area (Å²) in [6, 6.07) is 0. The molecule has 0 bridgehead atoms. The molecule has 0 aromatic carbocycles. The van der Waals surface area contributed by atoms with Gasteiger partial charge in [-0.15, -0.1) is 0 Å². The Hall–Kier alpha value is 1.02. The van der Waals surface area contributed by atoms with Crippen molar-refractivity contribution < 1.29 is 24.9 Å². The van der Waals surface area contributed by atoms with Crippen LogP contribution in [0, 0.1) is 0 Å². The van der Waals surface area contributed by atoms with Gasteiger partial charge in [-0.2, -0.15) is 0 Å². The van der Waals surface area contributed by atoms with Gasteiger partial charge in [0.05, 0.1) is 0 Å². The van der Waals surface area contributed by atoms with Crippen molar-refractivity contribution in [3.8, 4) is 0 Å². The molecule has 1 saturated carbocycles. The second kappa shape index (κ2) is 2.74. The molecule has 2 nitrogen and oxygen atoms in total. The number of hydrogen-bond donors (Lipinski definition) is 0. The Labute approximate surface area is 62.8 Å². The number of rotatable bonds is 3. The SMILES string of the molecule is COO[C]1([Zn][Br])CC1. The van der Waals surface area contributed by atoms with E-state index < -0.39 is 15.2 Å². The fourth-order valence-corrected chi connectivity index (χ4v) is 5.23. The van der Waals surface area contributed by atoms with Crippen LogP contribution in [0.25, 0.3) is 0 Å². The molecule has 0 aromatic rings. The van der Waals surface area contributed by atoms with Crippen LogP contribution in [0.15, 0.2) is 0 Å². The molecule has 4 heteroatoms. The Bertz CT molecular complexity index is 84.1. The molecule has 0 atom stereocenters. The molecular weight excluding hydrogens is 225 g/mol. The van der Waals surface area contributed by atoms with Crippen molar-refractivity contribution in [3.05, 3.63) is 0 Å². The van der Waals surface area contributed by atoms with E-state index >= 15 is 0 Å². The fraction of sp³-hybridized carbons (Fsp3) is 1.00. The van der Waals surface area contributed by atoms with Crippen LogP contribution >= 0.6 is 13.6 Å². The van der Waals surface area contributed by atoms with Crippen molar-refractivity contribution in [2.45, 2.75) is 17.0 Å². The van der Waals surface area contributed by atoms with E-state index in [-0.39, 0.29) is 4.20 Å². The summed E-state index contributed by atoms with van der Waals surface area (Å²) in [5.41, 5.74) is 0. The standard InChI is InChI=1S/C4H7O2.BrH.Zn/c1-5-6-4-2-3-4;;/h2-3H2,1H3;1H;/q;;+1/p-1. The van der Waals surface area contributed by atoms with Gasteiger partial charge < -0.3 is 0 Å². The predicted octanol–water partition coefficient (Wildman–Crippen LogP) is 1.45. The molecule has 0 heterocycles. The monoisotopic (exact) mass is 230 g/mol. The summed E-state index contributed by atoms with van der Waals surface area (Å²) in [7, 11) is 1.57. The molecule has 0 saturated heterocycles. The number of halogens is 1. The molecule has 0 aromatic heterocycles. The fourth-order valence-electron chi connectivity index (χ4n) is 0.555. The van der Waals surface area contributed by atoms with Crippen molar-refractivity contribution in [3.63, 3.8) is 0 Å². The minimum absolute atomic E-state index is 0.224. The van der Waals surface area contributed by atoms with Gasteiger partial charge in [0.2, 0.25) is 0 Å². The normalized spacial score (nSPS) is 22.2. The van der Waals surface area contributed by atoms with Crippen molar-refractivity contribution in [1.82, 2.24) is 0 Å². The van der Waals surface area contributed by atoms with Crippen molar-refractivity contribution in [2.24, 2.45) is 0 Å². The molecule has 1 rings (SSSR count). The first-order valence-corrected chi connectivity index (χ1v) is 11.0. The van der Waals surface area contributed by atoms with Gasteiger partial charge >= 0.3 is 62.7 Å². The van der Waals surface area contributed by atoms with Crippen molar-refractivity contribution in [1.29, 1.82) is 0 Å². The van der Waals surface area contributed by atoms with Gasteiger partial charge in [0, 0.05) is 0 Å². The van der Waals surface area contributed by atoms with E-state index in [0.29, 0.717) is 0 Å². The Balaban J connectivity index is 2.20. The van der Waals surface area contributed by atoms with Crippen LogP contribution in [0.5, 0.6) is 0 Å². The van der Waals surface area contributed by atoms with E-state index in [1.165, 1.54) is 12.8 Å². The zero-order chi connectivity index (χ0) is 6.04. The Kier molecular flexibility index (Phi) is 2.44.